The molecule has 2 heteroatoms. The number of hydrogen-bond donors (Lipinski definition) is 0. The summed E-state index contributed by atoms with van der Waals surface area (Å²) in [6.07, 6.45) is 2.31. The highest BCUT2D eigenvalue weighted by Gasteiger charge is 1.97. The van der Waals surface area contributed by atoms with Gasteiger partial charge in [0.1, 0.15) is 0 Å². The van der Waals surface area contributed by atoms with Gasteiger partial charge in [-0.1, -0.05) is 67.9 Å². The number of rotatable bonds is 9. The van der Waals surface area contributed by atoms with Crippen LogP contribution in [0.25, 0.3) is 0 Å². The van der Waals surface area contributed by atoms with Gasteiger partial charge in [0, 0.05) is 0 Å². The lowest BCUT2D eigenvalue weighted by atomic mass is 10.1. The lowest BCUT2D eigenvalue weighted by molar-refractivity contribution is 0.0339. The lowest BCUT2D eigenvalue weighted by Gasteiger charge is -2.07. The van der Waals surface area contributed by atoms with Gasteiger partial charge in [0.15, 0.2) is 0 Å². The van der Waals surface area contributed by atoms with E-state index in [1.165, 1.54) is 23.1 Å². The molecule has 21 heavy (non-hydrogen) atoms. The minimum absolute atomic E-state index is 0.629. The van der Waals surface area contributed by atoms with Crippen LogP contribution in [0.2, 0.25) is 0 Å². The van der Waals surface area contributed by atoms with Crippen LogP contribution in [0.4, 0.5) is 0 Å². The molecule has 0 saturated heterocycles. The number of ether oxygens (including phenoxy) is 2. The van der Waals surface area contributed by atoms with E-state index in [0.717, 1.165) is 6.42 Å². The van der Waals surface area contributed by atoms with E-state index in [-0.39, 0.29) is 0 Å². The van der Waals surface area contributed by atoms with Crippen LogP contribution in [0.15, 0.2) is 54.6 Å². The Morgan fingerprint density at radius 3 is 2.05 bits per heavy atom. The smallest absolute Gasteiger partial charge is 0.0718 e. The highest BCUT2D eigenvalue weighted by Crippen LogP contribution is 2.08. The molecule has 0 aliphatic heterocycles. The fourth-order valence-electron chi connectivity index (χ4n) is 2.24. The third-order valence-corrected chi connectivity index (χ3v) is 3.28. The average molecular weight is 284 g/mol. The van der Waals surface area contributed by atoms with Crippen molar-refractivity contribution in [2.45, 2.75) is 33.0 Å². The molecule has 0 aliphatic carbocycles. The summed E-state index contributed by atoms with van der Waals surface area (Å²) in [7, 11) is 0. The predicted octanol–water partition coefficient (Wildman–Crippen LogP) is 4.37. The van der Waals surface area contributed by atoms with Crippen LogP contribution in [0.3, 0.4) is 0 Å². The van der Waals surface area contributed by atoms with Gasteiger partial charge in [-0.05, 0) is 23.1 Å². The van der Waals surface area contributed by atoms with Gasteiger partial charge in [-0.2, -0.15) is 0 Å². The average Bonchev–Trinajstić information content (AvgIpc) is 2.52. The maximum absolute atomic E-state index is 5.67. The fraction of sp³-hybridized carbons (Fsp3) is 0.368. The topological polar surface area (TPSA) is 18.5 Å². The molecule has 0 saturated carbocycles. The number of benzene rings is 2. The Hall–Kier alpha value is -1.64. The molecule has 0 unspecified atom stereocenters. The first-order valence-electron chi connectivity index (χ1n) is 7.65. The first-order chi connectivity index (χ1) is 10.4. The van der Waals surface area contributed by atoms with E-state index in [1.807, 2.05) is 18.2 Å². The summed E-state index contributed by atoms with van der Waals surface area (Å²) < 4.78 is 11.3. The summed E-state index contributed by atoms with van der Waals surface area (Å²) in [5.74, 6) is 0. The summed E-state index contributed by atoms with van der Waals surface area (Å²) in [5.41, 5.74) is 3.83. The molecule has 112 valence electrons. The molecule has 0 aliphatic rings. The van der Waals surface area contributed by atoms with Crippen LogP contribution in [-0.4, -0.2) is 13.2 Å². The van der Waals surface area contributed by atoms with E-state index in [1.54, 1.807) is 0 Å². The van der Waals surface area contributed by atoms with E-state index in [0.29, 0.717) is 26.4 Å². The van der Waals surface area contributed by atoms with Gasteiger partial charge >= 0.3 is 0 Å². The zero-order valence-corrected chi connectivity index (χ0v) is 12.8. The Balaban J connectivity index is 1.60. The van der Waals surface area contributed by atoms with Crippen LogP contribution < -0.4 is 0 Å². The van der Waals surface area contributed by atoms with Crippen molar-refractivity contribution >= 4 is 0 Å². The van der Waals surface area contributed by atoms with Gasteiger partial charge in [0.2, 0.25) is 0 Å². The molecule has 2 rings (SSSR count). The molecule has 0 bridgehead atoms. The van der Waals surface area contributed by atoms with Gasteiger partial charge in [-0.15, -0.1) is 0 Å². The highest BCUT2D eigenvalue weighted by molar-refractivity contribution is 5.23. The second-order valence-electron chi connectivity index (χ2n) is 5.16. The largest absolute Gasteiger partial charge is 0.374 e. The molecular weight excluding hydrogens is 260 g/mol. The van der Waals surface area contributed by atoms with Crippen molar-refractivity contribution < 1.29 is 9.47 Å². The lowest BCUT2D eigenvalue weighted by Crippen LogP contribution is -2.04. The van der Waals surface area contributed by atoms with E-state index < -0.39 is 0 Å². The molecule has 2 nitrogen and oxygen atoms in total. The second kappa shape index (κ2) is 9.32. The fourth-order valence-corrected chi connectivity index (χ4v) is 2.24. The minimum atomic E-state index is 0.629. The zero-order chi connectivity index (χ0) is 14.8. The van der Waals surface area contributed by atoms with Gasteiger partial charge in [-0.3, -0.25) is 0 Å². The first-order valence-corrected chi connectivity index (χ1v) is 7.65. The summed E-state index contributed by atoms with van der Waals surface area (Å²) in [5, 5.41) is 0. The Bertz CT molecular complexity index is 508. The first kappa shape index (κ1) is 15.7. The van der Waals surface area contributed by atoms with E-state index >= 15 is 0 Å². The molecule has 0 amide bonds. The molecule has 0 heterocycles. The van der Waals surface area contributed by atoms with Crippen molar-refractivity contribution in [1.82, 2.24) is 0 Å². The Morgan fingerprint density at radius 1 is 0.714 bits per heavy atom. The number of aryl methyl sites for hydroxylation is 1. The summed E-state index contributed by atoms with van der Waals surface area (Å²) in [4.78, 5) is 0. The molecule has 0 spiro atoms. The maximum atomic E-state index is 5.67. The van der Waals surface area contributed by atoms with Crippen LogP contribution >= 0.6 is 0 Å². The summed E-state index contributed by atoms with van der Waals surface area (Å²) >= 11 is 0. The minimum Gasteiger partial charge on any atom is -0.374 e. The van der Waals surface area contributed by atoms with Crippen LogP contribution in [0.1, 0.15) is 30.0 Å². The molecule has 0 fully saturated rings. The van der Waals surface area contributed by atoms with Crippen LogP contribution in [-0.2, 0) is 29.1 Å². The third kappa shape index (κ3) is 6.11. The zero-order valence-electron chi connectivity index (χ0n) is 12.8. The van der Waals surface area contributed by atoms with Gasteiger partial charge in [0.25, 0.3) is 0 Å². The highest BCUT2D eigenvalue weighted by atomic mass is 16.5. The van der Waals surface area contributed by atoms with E-state index in [2.05, 4.69) is 43.3 Å². The molecule has 2 aromatic rings. The standard InChI is InChI=1S/C19H24O2/c1-2-7-17-10-6-11-19(14-17)16-21-13-12-20-15-18-8-4-3-5-9-18/h3-6,8-11,14H,2,7,12-13,15-16H2,1H3. The second-order valence-corrected chi connectivity index (χ2v) is 5.16. The summed E-state index contributed by atoms with van der Waals surface area (Å²) in [6.45, 7) is 4.77. The monoisotopic (exact) mass is 284 g/mol. The molecular formula is C19H24O2. The van der Waals surface area contributed by atoms with Crippen LogP contribution in [0.5, 0.6) is 0 Å². The maximum Gasteiger partial charge on any atom is 0.0718 e. The van der Waals surface area contributed by atoms with Crippen molar-refractivity contribution in [2.75, 3.05) is 13.2 Å². The van der Waals surface area contributed by atoms with Crippen molar-refractivity contribution in [3.63, 3.8) is 0 Å². The van der Waals surface area contributed by atoms with E-state index in [4.69, 9.17) is 9.47 Å². The van der Waals surface area contributed by atoms with Gasteiger partial charge in [0.05, 0.1) is 26.4 Å². The van der Waals surface area contributed by atoms with Gasteiger partial charge < -0.3 is 9.47 Å². The normalized spacial score (nSPS) is 10.7. The molecule has 2 aromatic carbocycles. The predicted molar refractivity (Wildman–Crippen MR) is 86.2 cm³/mol. The van der Waals surface area contributed by atoms with Crippen molar-refractivity contribution in [2.24, 2.45) is 0 Å². The van der Waals surface area contributed by atoms with Crippen molar-refractivity contribution in [3.8, 4) is 0 Å². The Morgan fingerprint density at radius 2 is 1.33 bits per heavy atom. The summed E-state index contributed by atoms with van der Waals surface area (Å²) in [6, 6.07) is 18.8. The molecule has 0 atom stereocenters. The Labute approximate surface area is 127 Å². The molecule has 0 aromatic heterocycles. The number of hydrogen-bond acceptors (Lipinski definition) is 2. The van der Waals surface area contributed by atoms with Gasteiger partial charge in [-0.25, -0.2) is 0 Å². The Kier molecular flexibility index (Phi) is 6.99. The molecule has 0 radical (unpaired) electrons. The molecule has 0 N–H and O–H groups in total. The van der Waals surface area contributed by atoms with Crippen LogP contribution in [0, 0.1) is 0 Å². The van der Waals surface area contributed by atoms with E-state index in [9.17, 15) is 0 Å². The van der Waals surface area contributed by atoms with Crippen molar-refractivity contribution in [1.29, 1.82) is 0 Å². The third-order valence-electron chi connectivity index (χ3n) is 3.28. The quantitative estimate of drug-likeness (QED) is 0.636. The SMILES string of the molecule is CCCc1cccc(COCCOCc2ccccc2)c1. The van der Waals surface area contributed by atoms with Crippen molar-refractivity contribution in [3.05, 3.63) is 71.3 Å².